The number of hydrogen-bond acceptors (Lipinski definition) is 4. The van der Waals surface area contributed by atoms with Crippen molar-refractivity contribution in [3.8, 4) is 5.75 Å². The van der Waals surface area contributed by atoms with Crippen LogP contribution in [0, 0.1) is 0 Å². The lowest BCUT2D eigenvalue weighted by molar-refractivity contribution is 0.233. The van der Waals surface area contributed by atoms with Gasteiger partial charge in [-0.05, 0) is 18.9 Å². The van der Waals surface area contributed by atoms with Crippen LogP contribution < -0.4 is 10.1 Å². The number of rotatable bonds is 4. The summed E-state index contributed by atoms with van der Waals surface area (Å²) >= 11 is 0. The van der Waals surface area contributed by atoms with Crippen molar-refractivity contribution in [3.63, 3.8) is 0 Å². The van der Waals surface area contributed by atoms with Crippen LogP contribution in [0.2, 0.25) is 0 Å². The largest absolute Gasteiger partial charge is 0.496 e. The molecule has 0 saturated carbocycles. The molecular formula is C16H26ClN3O3S. The van der Waals surface area contributed by atoms with E-state index in [1.165, 1.54) is 0 Å². The normalized spacial score (nSPS) is 23.5. The Morgan fingerprint density at radius 3 is 2.54 bits per heavy atom. The smallest absolute Gasteiger partial charge is 0.282 e. The van der Waals surface area contributed by atoms with Crippen LogP contribution in [-0.4, -0.2) is 56.9 Å². The van der Waals surface area contributed by atoms with E-state index in [1.54, 1.807) is 15.7 Å². The Hall–Kier alpha value is -0.860. The summed E-state index contributed by atoms with van der Waals surface area (Å²) < 4.78 is 34.9. The van der Waals surface area contributed by atoms with Gasteiger partial charge >= 0.3 is 0 Å². The second kappa shape index (κ2) is 8.49. The number of piperidine rings is 1. The van der Waals surface area contributed by atoms with Crippen LogP contribution in [0.4, 0.5) is 0 Å². The molecule has 0 amide bonds. The van der Waals surface area contributed by atoms with E-state index < -0.39 is 10.2 Å². The van der Waals surface area contributed by atoms with Crippen molar-refractivity contribution >= 4 is 22.6 Å². The monoisotopic (exact) mass is 375 g/mol. The maximum absolute atomic E-state index is 13.1. The molecule has 0 aliphatic carbocycles. The van der Waals surface area contributed by atoms with Gasteiger partial charge in [0.1, 0.15) is 5.75 Å². The number of nitrogens with one attached hydrogen (secondary N) is 1. The third-order valence-electron chi connectivity index (χ3n) is 4.63. The highest BCUT2D eigenvalue weighted by molar-refractivity contribution is 7.86. The van der Waals surface area contributed by atoms with Crippen molar-refractivity contribution in [2.45, 2.75) is 25.3 Å². The van der Waals surface area contributed by atoms with Crippen LogP contribution in [0.25, 0.3) is 0 Å². The highest BCUT2D eigenvalue weighted by atomic mass is 35.5. The Labute approximate surface area is 150 Å². The highest BCUT2D eigenvalue weighted by Crippen LogP contribution is 2.33. The second-order valence-corrected chi connectivity index (χ2v) is 7.92. The van der Waals surface area contributed by atoms with Crippen LogP contribution in [0.5, 0.6) is 5.75 Å². The fraction of sp³-hybridized carbons (Fsp3) is 0.625. The van der Waals surface area contributed by atoms with Gasteiger partial charge in [-0.15, -0.1) is 12.4 Å². The average Bonchev–Trinajstić information content (AvgIpc) is 2.62. The Balaban J connectivity index is 0.00000208. The summed E-state index contributed by atoms with van der Waals surface area (Å²) in [5.41, 5.74) is 0.919. The minimum Gasteiger partial charge on any atom is -0.496 e. The zero-order chi connectivity index (χ0) is 16.3. The predicted octanol–water partition coefficient (Wildman–Crippen LogP) is 1.79. The van der Waals surface area contributed by atoms with E-state index in [-0.39, 0.29) is 18.4 Å². The molecule has 2 heterocycles. The van der Waals surface area contributed by atoms with Gasteiger partial charge in [-0.3, -0.25) is 0 Å². The molecule has 24 heavy (non-hydrogen) atoms. The lowest BCUT2D eigenvalue weighted by Crippen LogP contribution is -2.54. The fourth-order valence-corrected chi connectivity index (χ4v) is 5.26. The number of piperazine rings is 1. The summed E-state index contributed by atoms with van der Waals surface area (Å²) in [5.74, 6) is 0.736. The second-order valence-electron chi connectivity index (χ2n) is 6.04. The first kappa shape index (κ1) is 19.5. The number of ether oxygens (including phenoxy) is 1. The van der Waals surface area contributed by atoms with Gasteiger partial charge in [0.2, 0.25) is 0 Å². The first-order valence-corrected chi connectivity index (χ1v) is 9.65. The van der Waals surface area contributed by atoms with Crippen LogP contribution in [-0.2, 0) is 10.2 Å². The topological polar surface area (TPSA) is 61.9 Å². The van der Waals surface area contributed by atoms with Gasteiger partial charge in [0.05, 0.1) is 13.2 Å². The van der Waals surface area contributed by atoms with Crippen molar-refractivity contribution in [3.05, 3.63) is 29.8 Å². The van der Waals surface area contributed by atoms with E-state index in [4.69, 9.17) is 4.74 Å². The number of benzene rings is 1. The quantitative estimate of drug-likeness (QED) is 0.871. The maximum atomic E-state index is 13.1. The standard InChI is InChI=1S/C16H25N3O3S.ClH/c1-22-16-8-4-3-7-14(16)15-13-17-9-12-19(15)23(20,21)18-10-5-2-6-11-18;/h3-4,7-8,15,17H,2,5-6,9-13H2,1H3;1H. The Morgan fingerprint density at radius 1 is 1.12 bits per heavy atom. The van der Waals surface area contributed by atoms with Crippen LogP contribution in [0.1, 0.15) is 30.9 Å². The third-order valence-corrected chi connectivity index (χ3v) is 6.68. The molecule has 1 aromatic rings. The lowest BCUT2D eigenvalue weighted by atomic mass is 10.0. The summed E-state index contributed by atoms with van der Waals surface area (Å²) in [7, 11) is -1.81. The Morgan fingerprint density at radius 2 is 1.83 bits per heavy atom. The lowest BCUT2D eigenvalue weighted by Gasteiger charge is -2.39. The van der Waals surface area contributed by atoms with Gasteiger partial charge in [0, 0.05) is 38.3 Å². The molecule has 136 valence electrons. The van der Waals surface area contributed by atoms with E-state index in [9.17, 15) is 8.42 Å². The van der Waals surface area contributed by atoms with Crippen molar-refractivity contribution < 1.29 is 13.2 Å². The van der Waals surface area contributed by atoms with E-state index in [0.29, 0.717) is 32.7 Å². The minimum absolute atomic E-state index is 0. The summed E-state index contributed by atoms with van der Waals surface area (Å²) in [6.07, 6.45) is 3.01. The molecule has 8 heteroatoms. The Kier molecular flexibility index (Phi) is 6.88. The van der Waals surface area contributed by atoms with Crippen molar-refractivity contribution in [1.82, 2.24) is 13.9 Å². The summed E-state index contributed by atoms with van der Waals surface area (Å²) in [6, 6.07) is 7.44. The molecule has 1 aromatic carbocycles. The molecule has 2 saturated heterocycles. The zero-order valence-electron chi connectivity index (χ0n) is 14.0. The number of nitrogens with zero attached hydrogens (tertiary/aromatic N) is 2. The molecule has 3 rings (SSSR count). The van der Waals surface area contributed by atoms with Gasteiger partial charge in [-0.1, -0.05) is 24.6 Å². The maximum Gasteiger partial charge on any atom is 0.282 e. The Bertz CT molecular complexity index is 635. The SMILES string of the molecule is COc1ccccc1C1CNCCN1S(=O)(=O)N1CCCCC1.Cl. The fourth-order valence-electron chi connectivity index (χ4n) is 3.41. The molecular weight excluding hydrogens is 350 g/mol. The summed E-state index contributed by atoms with van der Waals surface area (Å²) in [6.45, 7) is 3.03. The van der Waals surface area contributed by atoms with E-state index in [1.807, 2.05) is 24.3 Å². The molecule has 2 aliphatic heterocycles. The van der Waals surface area contributed by atoms with Crippen molar-refractivity contribution in [2.24, 2.45) is 0 Å². The van der Waals surface area contributed by atoms with E-state index in [0.717, 1.165) is 30.6 Å². The molecule has 1 atom stereocenters. The van der Waals surface area contributed by atoms with Gasteiger partial charge < -0.3 is 10.1 Å². The van der Waals surface area contributed by atoms with E-state index >= 15 is 0 Å². The molecule has 2 fully saturated rings. The molecule has 2 aliphatic rings. The predicted molar refractivity (Wildman–Crippen MR) is 96.9 cm³/mol. The molecule has 1 unspecified atom stereocenters. The van der Waals surface area contributed by atoms with Gasteiger partial charge in [-0.25, -0.2) is 0 Å². The molecule has 6 nitrogen and oxygen atoms in total. The van der Waals surface area contributed by atoms with Gasteiger partial charge in [-0.2, -0.15) is 17.0 Å². The molecule has 0 radical (unpaired) electrons. The van der Waals surface area contributed by atoms with Crippen molar-refractivity contribution in [2.75, 3.05) is 39.8 Å². The summed E-state index contributed by atoms with van der Waals surface area (Å²) in [5, 5.41) is 3.31. The highest BCUT2D eigenvalue weighted by Gasteiger charge is 2.38. The van der Waals surface area contributed by atoms with Crippen LogP contribution in [0.3, 0.4) is 0 Å². The van der Waals surface area contributed by atoms with E-state index in [2.05, 4.69) is 5.32 Å². The third kappa shape index (κ3) is 3.86. The number of methoxy groups -OCH3 is 1. The van der Waals surface area contributed by atoms with Crippen molar-refractivity contribution in [1.29, 1.82) is 0 Å². The first-order chi connectivity index (χ1) is 11.1. The minimum atomic E-state index is -3.44. The zero-order valence-corrected chi connectivity index (χ0v) is 15.6. The van der Waals surface area contributed by atoms with Gasteiger partial charge in [0.25, 0.3) is 10.2 Å². The molecule has 0 spiro atoms. The van der Waals surface area contributed by atoms with Gasteiger partial charge in [0.15, 0.2) is 0 Å². The molecule has 0 bridgehead atoms. The van der Waals surface area contributed by atoms with Crippen LogP contribution in [0.15, 0.2) is 24.3 Å². The number of para-hydroxylation sites is 1. The number of halogens is 1. The molecule has 0 aromatic heterocycles. The molecule has 1 N–H and O–H groups in total. The summed E-state index contributed by atoms with van der Waals surface area (Å²) in [4.78, 5) is 0. The first-order valence-electron chi connectivity index (χ1n) is 8.25. The van der Waals surface area contributed by atoms with Crippen LogP contribution >= 0.6 is 12.4 Å². The average molecular weight is 376 g/mol. The number of hydrogen-bond donors (Lipinski definition) is 1.